The number of aryl methyl sites for hydroxylation is 1. The average Bonchev–Trinajstić information content (AvgIpc) is 3.39. The summed E-state index contributed by atoms with van der Waals surface area (Å²) >= 11 is 0. The van der Waals surface area contributed by atoms with E-state index in [0.717, 1.165) is 49.8 Å². The second-order valence-corrected chi connectivity index (χ2v) is 9.61. The largest absolute Gasteiger partial charge is 0.454 e. The van der Waals surface area contributed by atoms with Crippen LogP contribution < -0.4 is 9.47 Å². The quantitative estimate of drug-likeness (QED) is 0.629. The van der Waals surface area contributed by atoms with Gasteiger partial charge in [-0.25, -0.2) is 0 Å². The summed E-state index contributed by atoms with van der Waals surface area (Å²) in [5.74, 6) is 1.95. The van der Waals surface area contributed by atoms with Crippen LogP contribution in [0.1, 0.15) is 65.5 Å². The van der Waals surface area contributed by atoms with Crippen LogP contribution >= 0.6 is 0 Å². The van der Waals surface area contributed by atoms with E-state index in [4.69, 9.17) is 9.47 Å². The summed E-state index contributed by atoms with van der Waals surface area (Å²) in [5, 5.41) is 0. The first-order valence-electron chi connectivity index (χ1n) is 12.1. The molecule has 6 nitrogen and oxygen atoms in total. The molecule has 0 unspecified atom stereocenters. The van der Waals surface area contributed by atoms with Gasteiger partial charge in [0, 0.05) is 55.7 Å². The highest BCUT2D eigenvalue weighted by Crippen LogP contribution is 2.33. The zero-order valence-corrected chi connectivity index (χ0v) is 19.4. The van der Waals surface area contributed by atoms with Gasteiger partial charge in [0.05, 0.1) is 6.54 Å². The summed E-state index contributed by atoms with van der Waals surface area (Å²) in [6.07, 6.45) is 6.45. The number of aromatic nitrogens is 1. The molecule has 3 heterocycles. The topological polar surface area (TPSA) is 46.9 Å². The van der Waals surface area contributed by atoms with E-state index in [1.807, 2.05) is 6.07 Å². The van der Waals surface area contributed by atoms with Crippen molar-refractivity contribution in [3.05, 3.63) is 46.8 Å². The Morgan fingerprint density at radius 1 is 0.938 bits per heavy atom. The molecule has 1 saturated carbocycles. The molecule has 2 aliphatic heterocycles. The Balaban J connectivity index is 1.15. The van der Waals surface area contributed by atoms with E-state index in [-0.39, 0.29) is 5.78 Å². The SMILES string of the molecule is Cc1cc(C(=O)CN2CCN(Cc3ccc4c(c3)OCO4)CC2)c(C)n1C1CCCCC1. The number of nitrogens with zero attached hydrogens (tertiary/aromatic N) is 3. The fourth-order valence-electron chi connectivity index (χ4n) is 5.65. The Kier molecular flexibility index (Phi) is 6.24. The highest BCUT2D eigenvalue weighted by Gasteiger charge is 2.25. The number of carbonyl (C=O) groups excluding carboxylic acids is 1. The molecule has 172 valence electrons. The zero-order chi connectivity index (χ0) is 22.1. The van der Waals surface area contributed by atoms with Crippen LogP contribution in [0.5, 0.6) is 11.5 Å². The number of carbonyl (C=O) groups is 1. The van der Waals surface area contributed by atoms with Crippen molar-refractivity contribution in [2.24, 2.45) is 0 Å². The van der Waals surface area contributed by atoms with E-state index < -0.39 is 0 Å². The Morgan fingerprint density at radius 3 is 2.44 bits per heavy atom. The molecule has 0 bridgehead atoms. The van der Waals surface area contributed by atoms with E-state index in [2.05, 4.69) is 46.4 Å². The molecule has 5 rings (SSSR count). The van der Waals surface area contributed by atoms with Crippen molar-refractivity contribution in [2.45, 2.75) is 58.5 Å². The number of ether oxygens (including phenoxy) is 2. The van der Waals surface area contributed by atoms with Crippen LogP contribution in [0.4, 0.5) is 0 Å². The molecule has 32 heavy (non-hydrogen) atoms. The predicted molar refractivity (Wildman–Crippen MR) is 125 cm³/mol. The molecule has 0 N–H and O–H groups in total. The van der Waals surface area contributed by atoms with Crippen LogP contribution in [0.25, 0.3) is 0 Å². The van der Waals surface area contributed by atoms with E-state index in [9.17, 15) is 4.79 Å². The number of fused-ring (bicyclic) bond motifs is 1. The highest BCUT2D eigenvalue weighted by molar-refractivity contribution is 5.99. The van der Waals surface area contributed by atoms with Crippen LogP contribution in [0, 0.1) is 13.8 Å². The number of benzene rings is 1. The van der Waals surface area contributed by atoms with E-state index in [1.54, 1.807) is 0 Å². The number of rotatable bonds is 6. The Labute approximate surface area is 191 Å². The minimum Gasteiger partial charge on any atom is -0.454 e. The van der Waals surface area contributed by atoms with Crippen LogP contribution in [0.2, 0.25) is 0 Å². The number of piperazine rings is 1. The molecule has 0 atom stereocenters. The molecule has 0 spiro atoms. The number of hydrogen-bond donors (Lipinski definition) is 0. The maximum Gasteiger partial charge on any atom is 0.231 e. The van der Waals surface area contributed by atoms with Gasteiger partial charge in [0.15, 0.2) is 17.3 Å². The first-order chi connectivity index (χ1) is 15.6. The molecule has 1 saturated heterocycles. The molecular formula is C26H35N3O3. The van der Waals surface area contributed by atoms with Gasteiger partial charge in [0.25, 0.3) is 0 Å². The van der Waals surface area contributed by atoms with Crippen LogP contribution in [-0.2, 0) is 6.54 Å². The first kappa shape index (κ1) is 21.5. The van der Waals surface area contributed by atoms with Crippen molar-refractivity contribution in [3.8, 4) is 11.5 Å². The minimum atomic E-state index is 0.268. The molecule has 1 aromatic carbocycles. The van der Waals surface area contributed by atoms with Gasteiger partial charge in [-0.1, -0.05) is 25.3 Å². The molecule has 1 aromatic heterocycles. The second kappa shape index (κ2) is 9.28. The van der Waals surface area contributed by atoms with Crippen molar-refractivity contribution >= 4 is 5.78 Å². The van der Waals surface area contributed by atoms with Crippen molar-refractivity contribution in [1.82, 2.24) is 14.4 Å². The van der Waals surface area contributed by atoms with Gasteiger partial charge < -0.3 is 14.0 Å². The third-order valence-electron chi connectivity index (χ3n) is 7.40. The van der Waals surface area contributed by atoms with Crippen LogP contribution in [-0.4, -0.2) is 59.7 Å². The van der Waals surface area contributed by atoms with E-state index in [1.165, 1.54) is 49.1 Å². The predicted octanol–water partition coefficient (Wildman–Crippen LogP) is 4.34. The smallest absolute Gasteiger partial charge is 0.231 e. The maximum atomic E-state index is 13.2. The molecule has 2 fully saturated rings. The number of Topliss-reactive ketones (excluding diaryl/α,β-unsaturated/α-hetero) is 1. The first-order valence-corrected chi connectivity index (χ1v) is 12.1. The van der Waals surface area contributed by atoms with Crippen molar-refractivity contribution in [1.29, 1.82) is 0 Å². The maximum absolute atomic E-state index is 13.2. The molecular weight excluding hydrogens is 402 g/mol. The molecule has 1 aliphatic carbocycles. The van der Waals surface area contributed by atoms with Gasteiger partial charge in [0.1, 0.15) is 0 Å². The molecule has 0 radical (unpaired) electrons. The Bertz CT molecular complexity index is 969. The molecule has 3 aliphatic rings. The van der Waals surface area contributed by atoms with Gasteiger partial charge in [-0.15, -0.1) is 0 Å². The zero-order valence-electron chi connectivity index (χ0n) is 19.4. The van der Waals surface area contributed by atoms with Crippen LogP contribution in [0.3, 0.4) is 0 Å². The normalized spacial score (nSPS) is 20.1. The lowest BCUT2D eigenvalue weighted by molar-refractivity contribution is 0.0843. The lowest BCUT2D eigenvalue weighted by Gasteiger charge is -2.34. The fourth-order valence-corrected chi connectivity index (χ4v) is 5.65. The van der Waals surface area contributed by atoms with Crippen molar-refractivity contribution < 1.29 is 14.3 Å². The van der Waals surface area contributed by atoms with Gasteiger partial charge in [-0.2, -0.15) is 0 Å². The summed E-state index contributed by atoms with van der Waals surface area (Å²) in [6, 6.07) is 8.90. The van der Waals surface area contributed by atoms with E-state index in [0.29, 0.717) is 19.4 Å². The molecule has 6 heteroatoms. The summed E-state index contributed by atoms with van der Waals surface area (Å²) in [7, 11) is 0. The summed E-state index contributed by atoms with van der Waals surface area (Å²) in [6.45, 7) is 9.84. The average molecular weight is 438 g/mol. The summed E-state index contributed by atoms with van der Waals surface area (Å²) < 4.78 is 13.3. The summed E-state index contributed by atoms with van der Waals surface area (Å²) in [5.41, 5.74) is 4.58. The van der Waals surface area contributed by atoms with E-state index >= 15 is 0 Å². The third kappa shape index (κ3) is 4.44. The fraction of sp³-hybridized carbons (Fsp3) is 0.577. The van der Waals surface area contributed by atoms with Gasteiger partial charge in [0.2, 0.25) is 6.79 Å². The van der Waals surface area contributed by atoms with Gasteiger partial charge in [-0.3, -0.25) is 14.6 Å². The number of hydrogen-bond acceptors (Lipinski definition) is 5. The lowest BCUT2D eigenvalue weighted by Crippen LogP contribution is -2.47. The monoisotopic (exact) mass is 437 g/mol. The van der Waals surface area contributed by atoms with Crippen molar-refractivity contribution in [3.63, 3.8) is 0 Å². The lowest BCUT2D eigenvalue weighted by atomic mass is 9.95. The Hall–Kier alpha value is -2.31. The highest BCUT2D eigenvalue weighted by atomic mass is 16.7. The van der Waals surface area contributed by atoms with Crippen LogP contribution in [0.15, 0.2) is 24.3 Å². The second-order valence-electron chi connectivity index (χ2n) is 9.61. The van der Waals surface area contributed by atoms with Crippen molar-refractivity contribution in [2.75, 3.05) is 39.5 Å². The molecule has 2 aromatic rings. The third-order valence-corrected chi connectivity index (χ3v) is 7.40. The van der Waals surface area contributed by atoms with Gasteiger partial charge >= 0.3 is 0 Å². The standard InChI is InChI=1S/C26H35N3O3/c1-19-14-23(20(2)29(19)22-6-4-3-5-7-22)24(30)17-28-12-10-27(11-13-28)16-21-8-9-25-26(15-21)32-18-31-25/h8-9,14-15,22H,3-7,10-13,16-18H2,1-2H3. The molecule has 0 amide bonds. The summed E-state index contributed by atoms with van der Waals surface area (Å²) in [4.78, 5) is 17.9. The minimum absolute atomic E-state index is 0.268. The number of ketones is 1. The van der Waals surface area contributed by atoms with Gasteiger partial charge in [-0.05, 0) is 50.5 Å². The Morgan fingerprint density at radius 2 is 1.66 bits per heavy atom.